The number of imidazole rings is 1. The fourth-order valence-corrected chi connectivity index (χ4v) is 3.92. The number of aliphatic hydroxyl groups is 1. The molecule has 0 saturated carbocycles. The van der Waals surface area contributed by atoms with Gasteiger partial charge in [-0.3, -0.25) is 0 Å². The first-order valence-corrected chi connectivity index (χ1v) is 11.5. The Morgan fingerprint density at radius 1 is 1.12 bits per heavy atom. The number of hydrogen-bond donors (Lipinski definition) is 4. The third kappa shape index (κ3) is 5.10. The summed E-state index contributed by atoms with van der Waals surface area (Å²) in [7, 11) is 0. The number of fused-ring (bicyclic) bond motifs is 1. The molecule has 0 spiro atoms. The monoisotopic (exact) mass is 544 g/mol. The van der Waals surface area contributed by atoms with E-state index < -0.39 is 0 Å². The molecule has 0 fully saturated rings. The van der Waals surface area contributed by atoms with E-state index in [2.05, 4.69) is 55.3 Å². The van der Waals surface area contributed by atoms with Crippen molar-refractivity contribution in [3.8, 4) is 5.75 Å². The van der Waals surface area contributed by atoms with Crippen LogP contribution in [0.4, 0.5) is 11.8 Å². The van der Waals surface area contributed by atoms with E-state index in [4.69, 9.17) is 4.98 Å². The highest BCUT2D eigenvalue weighted by atomic mass is 127. The Bertz CT molecular complexity index is 1190. The second-order valence-electron chi connectivity index (χ2n) is 7.48. The molecule has 0 aliphatic rings. The van der Waals surface area contributed by atoms with Crippen molar-refractivity contribution in [1.82, 2.24) is 19.5 Å². The maximum Gasteiger partial charge on any atom is 0.227 e. The summed E-state index contributed by atoms with van der Waals surface area (Å²) in [6, 6.07) is 15.4. The summed E-state index contributed by atoms with van der Waals surface area (Å²) in [5, 5.41) is 26.3. The number of anilines is 2. The van der Waals surface area contributed by atoms with Gasteiger partial charge in [0.25, 0.3) is 0 Å². The van der Waals surface area contributed by atoms with Gasteiger partial charge in [-0.1, -0.05) is 37.3 Å². The molecule has 166 valence electrons. The van der Waals surface area contributed by atoms with E-state index in [9.17, 15) is 10.2 Å². The topological polar surface area (TPSA) is 108 Å². The van der Waals surface area contributed by atoms with E-state index in [0.29, 0.717) is 36.0 Å². The van der Waals surface area contributed by atoms with E-state index in [-0.39, 0.29) is 18.4 Å². The van der Waals surface area contributed by atoms with Crippen molar-refractivity contribution in [2.45, 2.75) is 32.5 Å². The van der Waals surface area contributed by atoms with Crippen molar-refractivity contribution < 1.29 is 10.2 Å². The highest BCUT2D eigenvalue weighted by Gasteiger charge is 2.16. The van der Waals surface area contributed by atoms with Crippen molar-refractivity contribution in [3.63, 3.8) is 0 Å². The molecule has 1 unspecified atom stereocenters. The summed E-state index contributed by atoms with van der Waals surface area (Å²) < 4.78 is 3.01. The zero-order chi connectivity index (χ0) is 22.5. The minimum Gasteiger partial charge on any atom is -0.508 e. The van der Waals surface area contributed by atoms with Gasteiger partial charge in [0.1, 0.15) is 5.75 Å². The smallest absolute Gasteiger partial charge is 0.227 e. The van der Waals surface area contributed by atoms with E-state index in [0.717, 1.165) is 21.1 Å². The van der Waals surface area contributed by atoms with E-state index in [1.165, 1.54) is 0 Å². The van der Waals surface area contributed by atoms with Crippen LogP contribution in [0.15, 0.2) is 54.9 Å². The van der Waals surface area contributed by atoms with Gasteiger partial charge < -0.3 is 25.4 Å². The van der Waals surface area contributed by atoms with Gasteiger partial charge in [-0.15, -0.1) is 0 Å². The van der Waals surface area contributed by atoms with Gasteiger partial charge in [0, 0.05) is 15.7 Å². The predicted molar refractivity (Wildman–Crippen MR) is 134 cm³/mol. The van der Waals surface area contributed by atoms with Crippen LogP contribution < -0.4 is 10.6 Å². The lowest BCUT2D eigenvalue weighted by Crippen LogP contribution is -2.24. The van der Waals surface area contributed by atoms with Crippen LogP contribution in [0.1, 0.15) is 24.5 Å². The molecule has 32 heavy (non-hydrogen) atoms. The number of phenolic OH excluding ortho intramolecular Hbond substituents is 1. The average molecular weight is 544 g/mol. The second-order valence-corrected chi connectivity index (χ2v) is 8.73. The Labute approximate surface area is 199 Å². The number of aliphatic hydroxyl groups excluding tert-OH is 1. The Morgan fingerprint density at radius 3 is 2.69 bits per heavy atom. The quantitative estimate of drug-likeness (QED) is 0.236. The van der Waals surface area contributed by atoms with Crippen molar-refractivity contribution in [2.24, 2.45) is 0 Å². The van der Waals surface area contributed by atoms with Crippen LogP contribution >= 0.6 is 22.6 Å². The van der Waals surface area contributed by atoms with Gasteiger partial charge in [-0.25, -0.2) is 4.98 Å². The number of nitrogens with one attached hydrogen (secondary N) is 2. The largest absolute Gasteiger partial charge is 0.508 e. The standard InChI is InChI=1S/C23H25IN6O2/c1-2-18(13-31)27-23-28-21(25-11-16-10-17(24)8-9-19(16)32)20-22(29-23)30(14-26-20)12-15-6-4-3-5-7-15/h3-10,14,18,31-32H,2,11-13H2,1H3,(H2,25,27,28,29). The maximum absolute atomic E-state index is 10.2. The van der Waals surface area contributed by atoms with Gasteiger partial charge in [0.05, 0.1) is 25.5 Å². The lowest BCUT2D eigenvalue weighted by molar-refractivity contribution is 0.271. The van der Waals surface area contributed by atoms with Crippen LogP contribution in [-0.2, 0) is 13.1 Å². The van der Waals surface area contributed by atoms with Crippen LogP contribution in [0, 0.1) is 3.57 Å². The number of rotatable bonds is 9. The molecule has 8 nitrogen and oxygen atoms in total. The second kappa shape index (κ2) is 10.1. The molecule has 4 rings (SSSR count). The number of nitrogens with zero attached hydrogens (tertiary/aromatic N) is 4. The molecule has 0 amide bonds. The van der Waals surface area contributed by atoms with Crippen molar-refractivity contribution in [1.29, 1.82) is 0 Å². The summed E-state index contributed by atoms with van der Waals surface area (Å²) >= 11 is 2.22. The Hall–Kier alpha value is -2.92. The Morgan fingerprint density at radius 2 is 1.94 bits per heavy atom. The van der Waals surface area contributed by atoms with E-state index in [1.54, 1.807) is 12.4 Å². The first-order chi connectivity index (χ1) is 15.6. The summed E-state index contributed by atoms with van der Waals surface area (Å²) in [4.78, 5) is 13.9. The van der Waals surface area contributed by atoms with Crippen LogP contribution in [0.2, 0.25) is 0 Å². The van der Waals surface area contributed by atoms with Gasteiger partial charge in [0.15, 0.2) is 17.0 Å². The van der Waals surface area contributed by atoms with Gasteiger partial charge in [-0.2, -0.15) is 9.97 Å². The molecular weight excluding hydrogens is 519 g/mol. The van der Waals surface area contributed by atoms with Crippen LogP contribution in [0.25, 0.3) is 11.2 Å². The molecule has 9 heteroatoms. The Kier molecular flexibility index (Phi) is 7.05. The predicted octanol–water partition coefficient (Wildman–Crippen LogP) is 3.98. The zero-order valence-electron chi connectivity index (χ0n) is 17.7. The highest BCUT2D eigenvalue weighted by Crippen LogP contribution is 2.25. The molecule has 2 aromatic heterocycles. The van der Waals surface area contributed by atoms with Crippen LogP contribution in [-0.4, -0.2) is 42.4 Å². The van der Waals surface area contributed by atoms with Crippen molar-refractivity contribution in [2.75, 3.05) is 17.2 Å². The van der Waals surface area contributed by atoms with E-state index >= 15 is 0 Å². The number of hydrogen-bond acceptors (Lipinski definition) is 7. The first kappa shape index (κ1) is 22.3. The molecule has 2 heterocycles. The fraction of sp³-hybridized carbons (Fsp3) is 0.261. The van der Waals surface area contributed by atoms with E-state index in [1.807, 2.05) is 41.8 Å². The highest BCUT2D eigenvalue weighted by molar-refractivity contribution is 14.1. The summed E-state index contributed by atoms with van der Waals surface area (Å²) in [6.45, 7) is 2.99. The SMILES string of the molecule is CCC(CO)Nc1nc(NCc2cc(I)ccc2O)c2ncn(Cc3ccccc3)c2n1. The fourth-order valence-electron chi connectivity index (χ4n) is 3.36. The molecule has 4 aromatic rings. The number of aromatic hydroxyl groups is 1. The third-order valence-electron chi connectivity index (χ3n) is 5.19. The average Bonchev–Trinajstić information content (AvgIpc) is 3.21. The third-order valence-corrected chi connectivity index (χ3v) is 5.86. The van der Waals surface area contributed by atoms with Gasteiger partial charge in [-0.05, 0) is 52.8 Å². The summed E-state index contributed by atoms with van der Waals surface area (Å²) in [5.74, 6) is 1.21. The lowest BCUT2D eigenvalue weighted by atomic mass is 10.2. The summed E-state index contributed by atoms with van der Waals surface area (Å²) in [5.41, 5.74) is 3.24. The lowest BCUT2D eigenvalue weighted by Gasteiger charge is -2.16. The van der Waals surface area contributed by atoms with Crippen LogP contribution in [0.3, 0.4) is 0 Å². The molecular formula is C23H25IN6O2. The minimum atomic E-state index is -0.148. The number of aromatic nitrogens is 4. The Balaban J connectivity index is 1.70. The zero-order valence-corrected chi connectivity index (χ0v) is 19.8. The molecule has 1 atom stereocenters. The van der Waals surface area contributed by atoms with Gasteiger partial charge in [0.2, 0.25) is 5.95 Å². The summed E-state index contributed by atoms with van der Waals surface area (Å²) in [6.07, 6.45) is 2.49. The molecule has 0 saturated heterocycles. The maximum atomic E-state index is 10.2. The molecule has 2 aromatic carbocycles. The van der Waals surface area contributed by atoms with Crippen LogP contribution in [0.5, 0.6) is 5.75 Å². The number of benzene rings is 2. The molecule has 0 radical (unpaired) electrons. The van der Waals surface area contributed by atoms with Gasteiger partial charge >= 0.3 is 0 Å². The minimum absolute atomic E-state index is 0.0136. The number of phenols is 1. The molecule has 0 aliphatic heterocycles. The number of halogens is 1. The first-order valence-electron chi connectivity index (χ1n) is 10.4. The molecule has 4 N–H and O–H groups in total. The van der Waals surface area contributed by atoms with Crippen molar-refractivity contribution >= 4 is 45.5 Å². The molecule has 0 aliphatic carbocycles. The normalized spacial score (nSPS) is 12.1. The van der Waals surface area contributed by atoms with Crippen molar-refractivity contribution in [3.05, 3.63) is 69.6 Å². The molecule has 0 bridgehead atoms.